The minimum absolute atomic E-state index is 0.344. The molecule has 20 heavy (non-hydrogen) atoms. The predicted molar refractivity (Wildman–Crippen MR) is 87.0 cm³/mol. The van der Waals surface area contributed by atoms with Crippen molar-refractivity contribution in [1.82, 2.24) is 15.1 Å². The van der Waals surface area contributed by atoms with Gasteiger partial charge in [-0.15, -0.1) is 0 Å². The van der Waals surface area contributed by atoms with Gasteiger partial charge >= 0.3 is 0 Å². The van der Waals surface area contributed by atoms with Crippen molar-refractivity contribution in [3.05, 3.63) is 51.3 Å². The van der Waals surface area contributed by atoms with Gasteiger partial charge in [-0.1, -0.05) is 35.0 Å². The highest BCUT2D eigenvalue weighted by Crippen LogP contribution is 2.22. The SMILES string of the molecule is CCNC(C)c1c(C)nn(Cc2cccc(Br)c2)c1C. The van der Waals surface area contributed by atoms with E-state index in [-0.39, 0.29) is 0 Å². The zero-order valence-electron chi connectivity index (χ0n) is 12.6. The van der Waals surface area contributed by atoms with Crippen LogP contribution >= 0.6 is 15.9 Å². The summed E-state index contributed by atoms with van der Waals surface area (Å²) >= 11 is 3.52. The van der Waals surface area contributed by atoms with Gasteiger partial charge in [-0.2, -0.15) is 5.10 Å². The molecule has 4 heteroatoms. The number of aromatic nitrogens is 2. The van der Waals surface area contributed by atoms with E-state index in [4.69, 9.17) is 5.10 Å². The molecule has 2 rings (SSSR count). The lowest BCUT2D eigenvalue weighted by Crippen LogP contribution is -2.19. The summed E-state index contributed by atoms with van der Waals surface area (Å²) in [6.45, 7) is 10.4. The lowest BCUT2D eigenvalue weighted by Gasteiger charge is -2.13. The molecule has 0 aliphatic rings. The van der Waals surface area contributed by atoms with Gasteiger partial charge < -0.3 is 5.32 Å². The van der Waals surface area contributed by atoms with Crippen molar-refractivity contribution in [2.24, 2.45) is 0 Å². The molecule has 3 nitrogen and oxygen atoms in total. The Hall–Kier alpha value is -1.13. The monoisotopic (exact) mass is 335 g/mol. The molecule has 0 radical (unpaired) electrons. The lowest BCUT2D eigenvalue weighted by atomic mass is 10.1. The second-order valence-electron chi connectivity index (χ2n) is 5.15. The van der Waals surface area contributed by atoms with Crippen LogP contribution in [0.4, 0.5) is 0 Å². The molecule has 0 aliphatic heterocycles. The molecular formula is C16H22BrN3. The number of rotatable bonds is 5. The number of nitrogens with zero attached hydrogens (tertiary/aromatic N) is 2. The molecule has 2 aromatic rings. The van der Waals surface area contributed by atoms with Crippen LogP contribution in [0.3, 0.4) is 0 Å². The molecule has 108 valence electrons. The smallest absolute Gasteiger partial charge is 0.0663 e. The van der Waals surface area contributed by atoms with Gasteiger partial charge in [0.25, 0.3) is 0 Å². The summed E-state index contributed by atoms with van der Waals surface area (Å²) in [6, 6.07) is 8.73. The molecule has 1 atom stereocenters. The highest BCUT2D eigenvalue weighted by molar-refractivity contribution is 9.10. The molecule has 0 amide bonds. The molecule has 1 unspecified atom stereocenters. The van der Waals surface area contributed by atoms with Crippen molar-refractivity contribution in [3.8, 4) is 0 Å². The summed E-state index contributed by atoms with van der Waals surface area (Å²) in [5.41, 5.74) is 4.94. The van der Waals surface area contributed by atoms with Gasteiger partial charge in [-0.3, -0.25) is 4.68 Å². The standard InChI is InChI=1S/C16H22BrN3/c1-5-18-11(2)16-12(3)19-20(13(16)4)10-14-7-6-8-15(17)9-14/h6-9,11,18H,5,10H2,1-4H3. The average molecular weight is 336 g/mol. The van der Waals surface area contributed by atoms with Gasteiger partial charge in [0, 0.05) is 21.8 Å². The Morgan fingerprint density at radius 2 is 2.10 bits per heavy atom. The maximum Gasteiger partial charge on any atom is 0.0663 e. The first-order valence-corrected chi connectivity index (χ1v) is 7.84. The van der Waals surface area contributed by atoms with Gasteiger partial charge in [-0.25, -0.2) is 0 Å². The number of hydrogen-bond donors (Lipinski definition) is 1. The first kappa shape index (κ1) is 15.3. The fraction of sp³-hybridized carbons (Fsp3) is 0.438. The minimum atomic E-state index is 0.344. The zero-order valence-corrected chi connectivity index (χ0v) is 14.2. The summed E-state index contributed by atoms with van der Waals surface area (Å²) in [7, 11) is 0. The maximum atomic E-state index is 4.70. The molecule has 0 saturated carbocycles. The number of halogens is 1. The third-order valence-corrected chi connectivity index (χ3v) is 4.10. The maximum absolute atomic E-state index is 4.70. The van der Waals surface area contributed by atoms with Gasteiger partial charge in [0.2, 0.25) is 0 Å². The molecule has 0 bridgehead atoms. The molecule has 0 spiro atoms. The van der Waals surface area contributed by atoms with Gasteiger partial charge in [0.15, 0.2) is 0 Å². The van der Waals surface area contributed by atoms with E-state index < -0.39 is 0 Å². The van der Waals surface area contributed by atoms with Crippen LogP contribution in [0.1, 0.15) is 42.4 Å². The third kappa shape index (κ3) is 3.30. The van der Waals surface area contributed by atoms with Crippen molar-refractivity contribution in [2.45, 2.75) is 40.3 Å². The van der Waals surface area contributed by atoms with Gasteiger partial charge in [0.1, 0.15) is 0 Å². The van der Waals surface area contributed by atoms with Crippen LogP contribution in [0.2, 0.25) is 0 Å². The molecule has 0 aliphatic carbocycles. The van der Waals surface area contributed by atoms with Crippen molar-refractivity contribution >= 4 is 15.9 Å². The summed E-state index contributed by atoms with van der Waals surface area (Å²) in [5, 5.41) is 8.17. The molecule has 0 saturated heterocycles. The quantitative estimate of drug-likeness (QED) is 0.895. The fourth-order valence-corrected chi connectivity index (χ4v) is 3.15. The summed E-state index contributed by atoms with van der Waals surface area (Å²) in [4.78, 5) is 0. The molecule has 1 aromatic heterocycles. The van der Waals surface area contributed by atoms with Crippen LogP contribution < -0.4 is 5.32 Å². The molecule has 1 N–H and O–H groups in total. The van der Waals surface area contributed by atoms with E-state index in [1.807, 2.05) is 6.07 Å². The Morgan fingerprint density at radius 3 is 2.75 bits per heavy atom. The van der Waals surface area contributed by atoms with E-state index in [0.29, 0.717) is 6.04 Å². The predicted octanol–water partition coefficient (Wildman–Crippen LogP) is 3.98. The van der Waals surface area contributed by atoms with Crippen molar-refractivity contribution < 1.29 is 0 Å². The Bertz CT molecular complexity index is 589. The second-order valence-corrected chi connectivity index (χ2v) is 6.07. The normalized spacial score (nSPS) is 12.7. The van der Waals surface area contributed by atoms with Crippen molar-refractivity contribution in [1.29, 1.82) is 0 Å². The number of benzene rings is 1. The van der Waals surface area contributed by atoms with Crippen LogP contribution in [0.25, 0.3) is 0 Å². The van der Waals surface area contributed by atoms with Crippen molar-refractivity contribution in [3.63, 3.8) is 0 Å². The average Bonchev–Trinajstić information content (AvgIpc) is 2.65. The first-order chi connectivity index (χ1) is 9.52. The fourth-order valence-electron chi connectivity index (χ4n) is 2.71. The van der Waals surface area contributed by atoms with E-state index in [9.17, 15) is 0 Å². The lowest BCUT2D eigenvalue weighted by molar-refractivity contribution is 0.589. The van der Waals surface area contributed by atoms with Crippen LogP contribution in [-0.2, 0) is 6.54 Å². The first-order valence-electron chi connectivity index (χ1n) is 7.04. The highest BCUT2D eigenvalue weighted by Gasteiger charge is 2.16. The number of nitrogens with one attached hydrogen (secondary N) is 1. The Morgan fingerprint density at radius 1 is 1.35 bits per heavy atom. The Balaban J connectivity index is 2.28. The zero-order chi connectivity index (χ0) is 14.7. The number of hydrogen-bond acceptors (Lipinski definition) is 2. The van der Waals surface area contributed by atoms with Crippen LogP contribution in [0.15, 0.2) is 28.7 Å². The molecule has 1 aromatic carbocycles. The molecule has 1 heterocycles. The summed E-state index contributed by atoms with van der Waals surface area (Å²) in [6.07, 6.45) is 0. The van der Waals surface area contributed by atoms with Gasteiger partial charge in [0.05, 0.1) is 12.2 Å². The highest BCUT2D eigenvalue weighted by atomic mass is 79.9. The Labute approximate surface area is 129 Å². The molecule has 0 fully saturated rings. The minimum Gasteiger partial charge on any atom is -0.310 e. The summed E-state index contributed by atoms with van der Waals surface area (Å²) < 4.78 is 3.21. The van der Waals surface area contributed by atoms with E-state index in [2.05, 4.69) is 71.8 Å². The van der Waals surface area contributed by atoms with E-state index in [1.165, 1.54) is 16.8 Å². The summed E-state index contributed by atoms with van der Waals surface area (Å²) in [5.74, 6) is 0. The van der Waals surface area contributed by atoms with Gasteiger partial charge in [-0.05, 0) is 45.0 Å². The van der Waals surface area contributed by atoms with E-state index >= 15 is 0 Å². The largest absolute Gasteiger partial charge is 0.310 e. The topological polar surface area (TPSA) is 29.9 Å². The third-order valence-electron chi connectivity index (χ3n) is 3.60. The second kappa shape index (κ2) is 6.55. The van der Waals surface area contributed by atoms with E-state index in [1.54, 1.807) is 0 Å². The van der Waals surface area contributed by atoms with Crippen LogP contribution in [0, 0.1) is 13.8 Å². The Kier molecular flexibility index (Phi) is 5.00. The van der Waals surface area contributed by atoms with Crippen molar-refractivity contribution in [2.75, 3.05) is 6.54 Å². The van der Waals surface area contributed by atoms with E-state index in [0.717, 1.165) is 23.3 Å². The number of aryl methyl sites for hydroxylation is 1. The van der Waals surface area contributed by atoms with Crippen LogP contribution in [0.5, 0.6) is 0 Å². The van der Waals surface area contributed by atoms with Crippen LogP contribution in [-0.4, -0.2) is 16.3 Å². The molecular weight excluding hydrogens is 314 g/mol.